The number of hydrogen-bond donors (Lipinski definition) is 5. The van der Waals surface area contributed by atoms with Gasteiger partial charge in [-0.3, -0.25) is 10.7 Å². The minimum absolute atomic E-state index is 0.0290. The SMILES string of the molecule is C=C/C(=C\C=C/C)C(C)(CC)CCCCC.CNC(O)/C=C/CO.N=CN. The fourth-order valence-electron chi connectivity index (χ4n) is 2.29. The second-order valence-corrected chi connectivity index (χ2v) is 6.23. The van der Waals surface area contributed by atoms with E-state index in [0.717, 1.165) is 6.34 Å². The highest BCUT2D eigenvalue weighted by Crippen LogP contribution is 2.37. The highest BCUT2D eigenvalue weighted by Gasteiger charge is 2.23. The molecule has 0 heterocycles. The fraction of sp³-hybridized carbons (Fsp3) is 0.591. The van der Waals surface area contributed by atoms with E-state index in [2.05, 4.69) is 63.6 Å². The highest BCUT2D eigenvalue weighted by atomic mass is 16.3. The maximum absolute atomic E-state index is 8.68. The summed E-state index contributed by atoms with van der Waals surface area (Å²) in [5, 5.41) is 25.3. The zero-order valence-corrected chi connectivity index (χ0v) is 18.0. The van der Waals surface area contributed by atoms with Gasteiger partial charge in [-0.15, -0.1) is 0 Å². The molecule has 2 unspecified atom stereocenters. The Hall–Kier alpha value is -1.69. The van der Waals surface area contributed by atoms with Crippen molar-refractivity contribution in [1.82, 2.24) is 5.32 Å². The molecule has 0 aliphatic carbocycles. The van der Waals surface area contributed by atoms with Crippen LogP contribution in [0, 0.1) is 10.8 Å². The second-order valence-electron chi connectivity index (χ2n) is 6.23. The van der Waals surface area contributed by atoms with E-state index in [1.54, 1.807) is 7.05 Å². The molecule has 0 fully saturated rings. The van der Waals surface area contributed by atoms with E-state index in [4.69, 9.17) is 15.6 Å². The Morgan fingerprint density at radius 1 is 1.33 bits per heavy atom. The normalized spacial score (nSPS) is 14.6. The van der Waals surface area contributed by atoms with Gasteiger partial charge in [0.25, 0.3) is 0 Å². The van der Waals surface area contributed by atoms with Crippen LogP contribution < -0.4 is 11.1 Å². The van der Waals surface area contributed by atoms with Gasteiger partial charge in [-0.05, 0) is 43.9 Å². The molecule has 2 atom stereocenters. The average Bonchev–Trinajstić information content (AvgIpc) is 2.67. The van der Waals surface area contributed by atoms with Crippen LogP contribution in [0.1, 0.15) is 59.8 Å². The first-order valence-corrected chi connectivity index (χ1v) is 9.66. The predicted octanol–water partition coefficient (Wildman–Crippen LogP) is 4.30. The molecule has 0 rings (SSSR count). The van der Waals surface area contributed by atoms with E-state index in [1.807, 2.05) is 6.08 Å². The quantitative estimate of drug-likeness (QED) is 0.0919. The van der Waals surface area contributed by atoms with Crippen LogP contribution in [-0.2, 0) is 0 Å². The lowest BCUT2D eigenvalue weighted by atomic mass is 9.75. The molecule has 0 spiro atoms. The van der Waals surface area contributed by atoms with Crippen molar-refractivity contribution in [1.29, 1.82) is 5.41 Å². The van der Waals surface area contributed by atoms with Crippen molar-refractivity contribution >= 4 is 6.34 Å². The molecule has 0 radical (unpaired) electrons. The zero-order chi connectivity index (χ0) is 21.6. The van der Waals surface area contributed by atoms with Crippen LogP contribution in [0.15, 0.2) is 48.6 Å². The number of unbranched alkanes of at least 4 members (excludes halogenated alkanes) is 2. The van der Waals surface area contributed by atoms with Crippen LogP contribution in [-0.4, -0.2) is 36.4 Å². The Bertz CT molecular complexity index is 431. The first-order chi connectivity index (χ1) is 12.9. The van der Waals surface area contributed by atoms with Crippen LogP contribution in [0.5, 0.6) is 0 Å². The number of aliphatic hydroxyl groups excluding tert-OH is 2. The van der Waals surface area contributed by atoms with Gasteiger partial charge in [0.1, 0.15) is 6.23 Å². The van der Waals surface area contributed by atoms with Crippen molar-refractivity contribution in [3.63, 3.8) is 0 Å². The molecule has 0 amide bonds. The van der Waals surface area contributed by atoms with E-state index in [-0.39, 0.29) is 6.61 Å². The van der Waals surface area contributed by atoms with Gasteiger partial charge in [0, 0.05) is 0 Å². The van der Waals surface area contributed by atoms with E-state index in [0.29, 0.717) is 5.41 Å². The van der Waals surface area contributed by atoms with Crippen molar-refractivity contribution in [2.24, 2.45) is 11.1 Å². The molecule has 27 heavy (non-hydrogen) atoms. The smallest absolute Gasteiger partial charge is 0.123 e. The largest absolute Gasteiger partial charge is 0.392 e. The van der Waals surface area contributed by atoms with Crippen molar-refractivity contribution in [2.45, 2.75) is 66.0 Å². The maximum atomic E-state index is 8.68. The van der Waals surface area contributed by atoms with Gasteiger partial charge in [0.2, 0.25) is 0 Å². The second kappa shape index (κ2) is 22.4. The summed E-state index contributed by atoms with van der Waals surface area (Å²) in [6.07, 6.45) is 17.9. The molecule has 0 aliphatic heterocycles. The number of allylic oxidation sites excluding steroid dienone is 5. The number of aliphatic hydroxyl groups is 2. The molecule has 0 saturated carbocycles. The molecule has 5 heteroatoms. The predicted molar refractivity (Wildman–Crippen MR) is 120 cm³/mol. The lowest BCUT2D eigenvalue weighted by molar-refractivity contribution is 0.194. The zero-order valence-electron chi connectivity index (χ0n) is 18.0. The van der Waals surface area contributed by atoms with Crippen molar-refractivity contribution in [3.05, 3.63) is 48.6 Å². The summed E-state index contributed by atoms with van der Waals surface area (Å²) in [6, 6.07) is 0. The first kappa shape index (κ1) is 30.1. The number of hydrogen-bond acceptors (Lipinski definition) is 4. The summed E-state index contributed by atoms with van der Waals surface area (Å²) in [4.78, 5) is 0. The van der Waals surface area contributed by atoms with Crippen LogP contribution in [0.25, 0.3) is 0 Å². The topological polar surface area (TPSA) is 102 Å². The highest BCUT2D eigenvalue weighted by molar-refractivity contribution is 5.46. The summed E-state index contributed by atoms with van der Waals surface area (Å²) in [6.45, 7) is 12.9. The third-order valence-corrected chi connectivity index (χ3v) is 4.22. The van der Waals surface area contributed by atoms with Crippen molar-refractivity contribution in [2.75, 3.05) is 13.7 Å². The molecule has 0 aromatic heterocycles. The Labute approximate surface area is 167 Å². The Morgan fingerprint density at radius 2 is 1.93 bits per heavy atom. The Kier molecular flexibility index (Phi) is 24.9. The van der Waals surface area contributed by atoms with Crippen LogP contribution in [0.4, 0.5) is 0 Å². The standard InChI is InChI=1S/C16H28.C5H11NO2.CH4N2/c1-6-10-12-14-16(5,9-4)15(8-3)13-11-7-2;1-6-5(8)3-2-4-7;2-1-3/h7-8,11,13H,3,6,9-10,12,14H2,1-2,4-5H3;2-3,5-8H,4H2,1H3;1H,(H3,2,3)/b11-7-,15-13+;3-2+;. The van der Waals surface area contributed by atoms with E-state index >= 15 is 0 Å². The Morgan fingerprint density at radius 3 is 2.30 bits per heavy atom. The minimum atomic E-state index is -0.637. The van der Waals surface area contributed by atoms with Crippen molar-refractivity contribution in [3.8, 4) is 0 Å². The Balaban J connectivity index is -0.000000436. The van der Waals surface area contributed by atoms with Gasteiger partial charge in [-0.25, -0.2) is 0 Å². The summed E-state index contributed by atoms with van der Waals surface area (Å²) in [7, 11) is 1.63. The lowest BCUT2D eigenvalue weighted by Gasteiger charge is -2.30. The number of likely N-dealkylation sites (N-methyl/N-ethyl adjacent to an activating group) is 1. The van der Waals surface area contributed by atoms with Gasteiger partial charge in [0.05, 0.1) is 12.9 Å². The average molecular weight is 382 g/mol. The summed E-state index contributed by atoms with van der Waals surface area (Å²) < 4.78 is 0. The van der Waals surface area contributed by atoms with Gasteiger partial charge in [-0.1, -0.05) is 77.0 Å². The summed E-state index contributed by atoms with van der Waals surface area (Å²) in [5.74, 6) is 0. The van der Waals surface area contributed by atoms with Gasteiger partial charge < -0.3 is 15.9 Å². The first-order valence-electron chi connectivity index (χ1n) is 9.66. The molecular formula is C22H43N3O2. The third-order valence-electron chi connectivity index (χ3n) is 4.22. The number of nitrogens with two attached hydrogens (primary N) is 1. The molecule has 0 aromatic carbocycles. The lowest BCUT2D eigenvalue weighted by Crippen LogP contribution is -2.21. The van der Waals surface area contributed by atoms with Crippen LogP contribution in [0.3, 0.4) is 0 Å². The third kappa shape index (κ3) is 18.9. The number of rotatable bonds is 11. The van der Waals surface area contributed by atoms with E-state index in [1.165, 1.54) is 49.8 Å². The van der Waals surface area contributed by atoms with Gasteiger partial charge in [0.15, 0.2) is 0 Å². The van der Waals surface area contributed by atoms with Crippen LogP contribution in [0.2, 0.25) is 0 Å². The molecule has 0 aliphatic rings. The molecule has 158 valence electrons. The van der Waals surface area contributed by atoms with E-state index < -0.39 is 6.23 Å². The van der Waals surface area contributed by atoms with Gasteiger partial charge >= 0.3 is 0 Å². The van der Waals surface area contributed by atoms with Crippen LogP contribution >= 0.6 is 0 Å². The maximum Gasteiger partial charge on any atom is 0.123 e. The summed E-state index contributed by atoms with van der Waals surface area (Å²) >= 11 is 0. The van der Waals surface area contributed by atoms with E-state index in [9.17, 15) is 0 Å². The molecule has 6 N–H and O–H groups in total. The number of nitrogens with one attached hydrogen (secondary N) is 2. The molecule has 0 saturated heterocycles. The molecular weight excluding hydrogens is 338 g/mol. The van der Waals surface area contributed by atoms with Crippen molar-refractivity contribution < 1.29 is 10.2 Å². The molecule has 5 nitrogen and oxygen atoms in total. The molecule has 0 aromatic rings. The van der Waals surface area contributed by atoms with Gasteiger partial charge in [-0.2, -0.15) is 0 Å². The monoisotopic (exact) mass is 381 g/mol. The minimum Gasteiger partial charge on any atom is -0.392 e. The summed E-state index contributed by atoms with van der Waals surface area (Å²) in [5.41, 5.74) is 6.07. The molecule has 0 bridgehead atoms. The fourth-order valence-corrected chi connectivity index (χ4v) is 2.29.